The second kappa shape index (κ2) is 5.80. The maximum absolute atomic E-state index is 13.2. The predicted octanol–water partition coefficient (Wildman–Crippen LogP) is 2.62. The van der Waals surface area contributed by atoms with E-state index in [0.717, 1.165) is 22.6 Å². The fraction of sp³-hybridized carbons (Fsp3) is 0.267. The van der Waals surface area contributed by atoms with Gasteiger partial charge in [-0.05, 0) is 42.8 Å². The zero-order valence-corrected chi connectivity index (χ0v) is 11.2. The van der Waals surface area contributed by atoms with Gasteiger partial charge < -0.3 is 10.6 Å². The Labute approximate surface area is 112 Å². The van der Waals surface area contributed by atoms with Gasteiger partial charge in [0.25, 0.3) is 0 Å². The van der Waals surface area contributed by atoms with Gasteiger partial charge in [0, 0.05) is 25.0 Å². The van der Waals surface area contributed by atoms with Crippen LogP contribution in [-0.2, 0) is 13.1 Å². The minimum absolute atomic E-state index is 0.258. The number of nitrogens with two attached hydrogens (primary N) is 1. The van der Waals surface area contributed by atoms with Gasteiger partial charge in [0.2, 0.25) is 0 Å². The lowest BCUT2D eigenvalue weighted by atomic mass is 10.1. The molecular weight excluding hydrogens is 241 g/mol. The fourth-order valence-electron chi connectivity index (χ4n) is 2.11. The normalized spacial score (nSPS) is 10.5. The van der Waals surface area contributed by atoms with Crippen LogP contribution in [0.15, 0.2) is 36.4 Å². The second-order valence-corrected chi connectivity index (χ2v) is 4.60. The van der Waals surface area contributed by atoms with E-state index in [4.69, 9.17) is 5.73 Å². The standard InChI is InChI=1S/C15H18FN3/c1-11-4-3-5-14(18-11)10-19(2)15-7-6-13(16)8-12(15)9-17/h3-8H,9-10,17H2,1-2H3. The Morgan fingerprint density at radius 3 is 2.74 bits per heavy atom. The van der Waals surface area contributed by atoms with E-state index in [1.54, 1.807) is 6.07 Å². The first-order valence-corrected chi connectivity index (χ1v) is 6.22. The molecule has 0 saturated heterocycles. The third-order valence-electron chi connectivity index (χ3n) is 3.02. The van der Waals surface area contributed by atoms with Crippen LogP contribution >= 0.6 is 0 Å². The number of hydrogen-bond donors (Lipinski definition) is 1. The molecule has 100 valence electrons. The SMILES string of the molecule is Cc1cccc(CN(C)c2ccc(F)cc2CN)n1. The average molecular weight is 259 g/mol. The molecule has 0 aliphatic rings. The molecule has 1 aromatic carbocycles. The van der Waals surface area contributed by atoms with E-state index in [2.05, 4.69) is 4.98 Å². The Morgan fingerprint density at radius 1 is 1.26 bits per heavy atom. The molecule has 0 bridgehead atoms. The van der Waals surface area contributed by atoms with Crippen LogP contribution < -0.4 is 10.6 Å². The third kappa shape index (κ3) is 3.29. The quantitative estimate of drug-likeness (QED) is 0.917. The van der Waals surface area contributed by atoms with Gasteiger partial charge in [-0.2, -0.15) is 0 Å². The molecule has 3 nitrogen and oxygen atoms in total. The summed E-state index contributed by atoms with van der Waals surface area (Å²) >= 11 is 0. The molecule has 1 heterocycles. The number of hydrogen-bond acceptors (Lipinski definition) is 3. The number of benzene rings is 1. The van der Waals surface area contributed by atoms with Crippen molar-refractivity contribution in [2.75, 3.05) is 11.9 Å². The molecule has 0 amide bonds. The van der Waals surface area contributed by atoms with Gasteiger partial charge in [0.05, 0.1) is 12.2 Å². The van der Waals surface area contributed by atoms with E-state index in [0.29, 0.717) is 13.1 Å². The van der Waals surface area contributed by atoms with Gasteiger partial charge in [0.1, 0.15) is 5.82 Å². The largest absolute Gasteiger partial charge is 0.368 e. The highest BCUT2D eigenvalue weighted by Gasteiger charge is 2.09. The van der Waals surface area contributed by atoms with E-state index < -0.39 is 0 Å². The molecule has 0 radical (unpaired) electrons. The van der Waals surface area contributed by atoms with Crippen molar-refractivity contribution in [3.63, 3.8) is 0 Å². The second-order valence-electron chi connectivity index (χ2n) is 4.60. The molecule has 1 aromatic heterocycles. The predicted molar refractivity (Wildman–Crippen MR) is 75.4 cm³/mol. The van der Waals surface area contributed by atoms with Gasteiger partial charge in [-0.15, -0.1) is 0 Å². The lowest BCUT2D eigenvalue weighted by Gasteiger charge is -2.22. The zero-order chi connectivity index (χ0) is 13.8. The van der Waals surface area contributed by atoms with Crippen LogP contribution in [0.4, 0.5) is 10.1 Å². The van der Waals surface area contributed by atoms with Crippen molar-refractivity contribution >= 4 is 5.69 Å². The molecule has 0 fully saturated rings. The number of rotatable bonds is 4. The van der Waals surface area contributed by atoms with Crippen LogP contribution in [0.2, 0.25) is 0 Å². The van der Waals surface area contributed by atoms with E-state index in [1.165, 1.54) is 12.1 Å². The summed E-state index contributed by atoms with van der Waals surface area (Å²) in [5.74, 6) is -0.258. The topological polar surface area (TPSA) is 42.1 Å². The van der Waals surface area contributed by atoms with Crippen molar-refractivity contribution in [2.24, 2.45) is 5.73 Å². The lowest BCUT2D eigenvalue weighted by molar-refractivity contribution is 0.625. The van der Waals surface area contributed by atoms with Crippen molar-refractivity contribution in [1.82, 2.24) is 4.98 Å². The summed E-state index contributed by atoms with van der Waals surface area (Å²) in [4.78, 5) is 6.50. The zero-order valence-electron chi connectivity index (χ0n) is 11.2. The highest BCUT2D eigenvalue weighted by Crippen LogP contribution is 2.21. The van der Waals surface area contributed by atoms with E-state index in [1.807, 2.05) is 37.1 Å². The first-order valence-electron chi connectivity index (χ1n) is 6.22. The molecule has 2 N–H and O–H groups in total. The van der Waals surface area contributed by atoms with Gasteiger partial charge in [0.15, 0.2) is 0 Å². The van der Waals surface area contributed by atoms with Crippen LogP contribution in [0.25, 0.3) is 0 Å². The summed E-state index contributed by atoms with van der Waals surface area (Å²) < 4.78 is 13.2. The van der Waals surface area contributed by atoms with E-state index in [-0.39, 0.29) is 5.82 Å². The summed E-state index contributed by atoms with van der Waals surface area (Å²) in [7, 11) is 1.95. The van der Waals surface area contributed by atoms with Crippen LogP contribution in [0.1, 0.15) is 17.0 Å². The molecule has 2 aromatic rings. The fourth-order valence-corrected chi connectivity index (χ4v) is 2.11. The van der Waals surface area contributed by atoms with Crippen LogP contribution in [-0.4, -0.2) is 12.0 Å². The molecule has 19 heavy (non-hydrogen) atoms. The number of nitrogens with zero attached hydrogens (tertiary/aromatic N) is 2. The van der Waals surface area contributed by atoms with Gasteiger partial charge in [-0.25, -0.2) is 4.39 Å². The smallest absolute Gasteiger partial charge is 0.123 e. The molecule has 0 spiro atoms. The molecule has 2 rings (SSSR count). The Bertz CT molecular complexity index is 569. The Hall–Kier alpha value is -1.94. The van der Waals surface area contributed by atoms with E-state index in [9.17, 15) is 4.39 Å². The van der Waals surface area contributed by atoms with Gasteiger partial charge in [-0.3, -0.25) is 4.98 Å². The molecule has 4 heteroatoms. The molecular formula is C15H18FN3. The first kappa shape index (κ1) is 13.5. The van der Waals surface area contributed by atoms with Crippen molar-refractivity contribution in [3.05, 3.63) is 59.2 Å². The van der Waals surface area contributed by atoms with Crippen molar-refractivity contribution < 1.29 is 4.39 Å². The maximum Gasteiger partial charge on any atom is 0.123 e. The molecule has 0 unspecified atom stereocenters. The lowest BCUT2D eigenvalue weighted by Crippen LogP contribution is -2.19. The summed E-state index contributed by atoms with van der Waals surface area (Å²) in [6, 6.07) is 10.6. The minimum Gasteiger partial charge on any atom is -0.368 e. The summed E-state index contributed by atoms with van der Waals surface area (Å²) in [6.07, 6.45) is 0. The molecule has 0 aliphatic carbocycles. The number of aryl methyl sites for hydroxylation is 1. The van der Waals surface area contributed by atoms with Gasteiger partial charge >= 0.3 is 0 Å². The summed E-state index contributed by atoms with van der Waals surface area (Å²) in [5.41, 5.74) is 9.38. The monoisotopic (exact) mass is 259 g/mol. The van der Waals surface area contributed by atoms with Crippen LogP contribution in [0.5, 0.6) is 0 Å². The van der Waals surface area contributed by atoms with Crippen molar-refractivity contribution in [1.29, 1.82) is 0 Å². The average Bonchev–Trinajstić information content (AvgIpc) is 2.38. The Kier molecular flexibility index (Phi) is 4.12. The number of aromatic nitrogens is 1. The Balaban J connectivity index is 2.22. The number of anilines is 1. The number of pyridine rings is 1. The summed E-state index contributed by atoms with van der Waals surface area (Å²) in [6.45, 7) is 2.95. The first-order chi connectivity index (χ1) is 9.10. The number of halogens is 1. The Morgan fingerprint density at radius 2 is 2.05 bits per heavy atom. The van der Waals surface area contributed by atoms with Crippen molar-refractivity contribution in [3.8, 4) is 0 Å². The minimum atomic E-state index is -0.258. The highest BCUT2D eigenvalue weighted by atomic mass is 19.1. The molecule has 0 atom stereocenters. The van der Waals surface area contributed by atoms with Gasteiger partial charge in [-0.1, -0.05) is 6.07 Å². The van der Waals surface area contributed by atoms with Crippen LogP contribution in [0.3, 0.4) is 0 Å². The highest BCUT2D eigenvalue weighted by molar-refractivity contribution is 5.53. The molecule has 0 aliphatic heterocycles. The summed E-state index contributed by atoms with van der Waals surface area (Å²) in [5, 5.41) is 0. The van der Waals surface area contributed by atoms with E-state index >= 15 is 0 Å². The molecule has 0 saturated carbocycles. The third-order valence-corrected chi connectivity index (χ3v) is 3.02. The van der Waals surface area contributed by atoms with Crippen molar-refractivity contribution in [2.45, 2.75) is 20.0 Å². The maximum atomic E-state index is 13.2. The van der Waals surface area contributed by atoms with Crippen LogP contribution in [0, 0.1) is 12.7 Å².